The average molecular weight is 298 g/mol. The van der Waals surface area contributed by atoms with E-state index in [0.29, 0.717) is 11.8 Å². The molecule has 2 heterocycles. The van der Waals surface area contributed by atoms with Crippen LogP contribution in [0.5, 0.6) is 0 Å². The van der Waals surface area contributed by atoms with Gasteiger partial charge in [0.15, 0.2) is 0 Å². The van der Waals surface area contributed by atoms with E-state index < -0.39 is 6.03 Å². The third-order valence-corrected chi connectivity index (χ3v) is 2.81. The van der Waals surface area contributed by atoms with Crippen molar-refractivity contribution in [2.24, 2.45) is 0 Å². The molecule has 0 unspecified atom stereocenters. The van der Waals surface area contributed by atoms with Crippen molar-refractivity contribution in [2.45, 2.75) is 26.2 Å². The summed E-state index contributed by atoms with van der Waals surface area (Å²) in [5, 5.41) is 9.74. The van der Waals surface area contributed by atoms with E-state index in [1.807, 2.05) is 20.8 Å². The number of anilines is 1. The van der Waals surface area contributed by atoms with E-state index in [0.717, 1.165) is 5.69 Å². The third kappa shape index (κ3) is 3.61. The van der Waals surface area contributed by atoms with Crippen LogP contribution in [0.15, 0.2) is 24.5 Å². The van der Waals surface area contributed by atoms with Gasteiger partial charge in [-0.25, -0.2) is 14.8 Å². The van der Waals surface area contributed by atoms with Crippen LogP contribution < -0.4 is 10.6 Å². The van der Waals surface area contributed by atoms with Crippen LogP contribution in [0.4, 0.5) is 10.6 Å². The zero-order valence-corrected chi connectivity index (χ0v) is 12.8. The summed E-state index contributed by atoms with van der Waals surface area (Å²) in [6.45, 7) is 6.25. The molecule has 0 bridgehead atoms. The van der Waals surface area contributed by atoms with Gasteiger partial charge in [0, 0.05) is 23.9 Å². The van der Waals surface area contributed by atoms with Crippen LogP contribution in [0.25, 0.3) is 5.95 Å². The van der Waals surface area contributed by atoms with Gasteiger partial charge >= 0.3 is 6.03 Å². The highest BCUT2D eigenvalue weighted by molar-refractivity contribution is 5.88. The molecule has 0 radical (unpaired) electrons. The van der Waals surface area contributed by atoms with E-state index in [1.165, 1.54) is 4.68 Å². The normalized spacial score (nSPS) is 10.8. The average Bonchev–Trinajstić information content (AvgIpc) is 2.90. The second kappa shape index (κ2) is 6.26. The van der Waals surface area contributed by atoms with Gasteiger partial charge in [-0.1, -0.05) is 26.7 Å². The Morgan fingerprint density at radius 2 is 2.05 bits per heavy atom. The quantitative estimate of drug-likeness (QED) is 0.845. The fourth-order valence-electron chi connectivity index (χ4n) is 1.68. The van der Waals surface area contributed by atoms with Gasteiger partial charge < -0.3 is 5.32 Å². The van der Waals surface area contributed by atoms with Crippen LogP contribution in [0.1, 0.15) is 26.5 Å². The zero-order valence-electron chi connectivity index (χ0n) is 12.8. The van der Waals surface area contributed by atoms with Crippen molar-refractivity contribution in [1.29, 1.82) is 0 Å². The van der Waals surface area contributed by atoms with E-state index in [4.69, 9.17) is 6.42 Å². The molecule has 2 aromatic rings. The molecule has 0 aromatic carbocycles. The first-order valence-corrected chi connectivity index (χ1v) is 6.78. The number of rotatable bonds is 3. The maximum Gasteiger partial charge on any atom is 0.321 e. The van der Waals surface area contributed by atoms with E-state index in [-0.39, 0.29) is 12.0 Å². The largest absolute Gasteiger partial charge is 0.327 e. The first kappa shape index (κ1) is 15.5. The molecule has 2 N–H and O–H groups in total. The Labute approximate surface area is 129 Å². The van der Waals surface area contributed by atoms with Gasteiger partial charge in [-0.05, 0) is 6.07 Å². The summed E-state index contributed by atoms with van der Waals surface area (Å²) >= 11 is 0. The van der Waals surface area contributed by atoms with Crippen LogP contribution in [0, 0.1) is 12.3 Å². The monoisotopic (exact) mass is 298 g/mol. The summed E-state index contributed by atoms with van der Waals surface area (Å²) in [4.78, 5) is 20.1. The van der Waals surface area contributed by atoms with Gasteiger partial charge in [0.1, 0.15) is 5.82 Å². The van der Waals surface area contributed by atoms with Crippen molar-refractivity contribution in [3.8, 4) is 18.3 Å². The molecule has 0 aliphatic carbocycles. The fraction of sp³-hybridized carbons (Fsp3) is 0.333. The molecule has 0 aliphatic rings. The number of carbonyl (C=O) groups is 1. The first-order valence-electron chi connectivity index (χ1n) is 6.78. The molecular weight excluding hydrogens is 280 g/mol. The molecule has 2 rings (SSSR count). The maximum absolute atomic E-state index is 11.8. The van der Waals surface area contributed by atoms with Crippen molar-refractivity contribution in [1.82, 2.24) is 25.1 Å². The van der Waals surface area contributed by atoms with Crippen molar-refractivity contribution in [3.63, 3.8) is 0 Å². The van der Waals surface area contributed by atoms with E-state index in [9.17, 15) is 4.79 Å². The van der Waals surface area contributed by atoms with Crippen LogP contribution in [0.2, 0.25) is 0 Å². The fourth-order valence-corrected chi connectivity index (χ4v) is 1.68. The SMILES string of the molecule is C#CCNC(=O)Nc1cc(C(C)(C)C)nn1-c1ncccn1. The van der Waals surface area contributed by atoms with Gasteiger partial charge in [0.05, 0.1) is 12.2 Å². The number of aromatic nitrogens is 4. The number of urea groups is 1. The lowest BCUT2D eigenvalue weighted by Gasteiger charge is -2.13. The number of hydrogen-bond donors (Lipinski definition) is 2. The molecule has 7 nitrogen and oxygen atoms in total. The molecular formula is C15H18N6O. The third-order valence-electron chi connectivity index (χ3n) is 2.81. The van der Waals surface area contributed by atoms with Crippen LogP contribution >= 0.6 is 0 Å². The van der Waals surface area contributed by atoms with Gasteiger partial charge in [0.2, 0.25) is 0 Å². The summed E-state index contributed by atoms with van der Waals surface area (Å²) in [6.07, 6.45) is 8.35. The van der Waals surface area contributed by atoms with Gasteiger partial charge in [-0.3, -0.25) is 5.32 Å². The number of terminal acetylenes is 1. The number of nitrogens with zero attached hydrogens (tertiary/aromatic N) is 4. The molecule has 0 saturated carbocycles. The van der Waals surface area contributed by atoms with Crippen molar-refractivity contribution < 1.29 is 4.79 Å². The highest BCUT2D eigenvalue weighted by atomic mass is 16.2. The first-order chi connectivity index (χ1) is 10.4. The second-order valence-corrected chi connectivity index (χ2v) is 5.64. The smallest absolute Gasteiger partial charge is 0.321 e. The highest BCUT2D eigenvalue weighted by Gasteiger charge is 2.22. The van der Waals surface area contributed by atoms with Crippen LogP contribution in [0.3, 0.4) is 0 Å². The van der Waals surface area contributed by atoms with Gasteiger partial charge in [-0.2, -0.15) is 9.78 Å². The highest BCUT2D eigenvalue weighted by Crippen LogP contribution is 2.25. The molecule has 22 heavy (non-hydrogen) atoms. The minimum absolute atomic E-state index is 0.147. The molecule has 2 amide bonds. The Kier molecular flexibility index (Phi) is 4.41. The number of amides is 2. The number of nitrogens with one attached hydrogen (secondary N) is 2. The van der Waals surface area contributed by atoms with Gasteiger partial charge in [-0.15, -0.1) is 6.42 Å². The van der Waals surface area contributed by atoms with Crippen molar-refractivity contribution in [3.05, 3.63) is 30.2 Å². The minimum Gasteiger partial charge on any atom is -0.327 e. The van der Waals surface area contributed by atoms with E-state index in [1.54, 1.807) is 24.5 Å². The molecule has 0 atom stereocenters. The topological polar surface area (TPSA) is 84.7 Å². The molecule has 0 saturated heterocycles. The predicted octanol–water partition coefficient (Wildman–Crippen LogP) is 1.71. The number of hydrogen-bond acceptors (Lipinski definition) is 4. The lowest BCUT2D eigenvalue weighted by Crippen LogP contribution is -2.29. The Hall–Kier alpha value is -2.88. The van der Waals surface area contributed by atoms with Gasteiger partial charge in [0.25, 0.3) is 5.95 Å². The molecule has 0 fully saturated rings. The number of carbonyl (C=O) groups excluding carboxylic acids is 1. The maximum atomic E-state index is 11.8. The predicted molar refractivity (Wildman–Crippen MR) is 83.7 cm³/mol. The van der Waals surface area contributed by atoms with E-state index >= 15 is 0 Å². The minimum atomic E-state index is -0.407. The summed E-state index contributed by atoms with van der Waals surface area (Å²) in [5.41, 5.74) is 0.637. The molecule has 0 aliphatic heterocycles. The van der Waals surface area contributed by atoms with Crippen LogP contribution in [-0.4, -0.2) is 32.3 Å². The lowest BCUT2D eigenvalue weighted by molar-refractivity contribution is 0.253. The van der Waals surface area contributed by atoms with Crippen molar-refractivity contribution >= 4 is 11.8 Å². The van der Waals surface area contributed by atoms with E-state index in [2.05, 4.69) is 31.6 Å². The lowest BCUT2D eigenvalue weighted by atomic mass is 9.92. The standard InChI is InChI=1S/C15H18N6O/c1-5-7-18-14(22)19-12-10-11(15(2,3)4)20-21(12)13-16-8-6-9-17-13/h1,6,8-10H,7H2,2-4H3,(H2,18,19,22). The summed E-state index contributed by atoms with van der Waals surface area (Å²) in [6, 6.07) is 3.10. The Balaban J connectivity index is 2.37. The summed E-state index contributed by atoms with van der Waals surface area (Å²) < 4.78 is 1.50. The molecule has 2 aromatic heterocycles. The second-order valence-electron chi connectivity index (χ2n) is 5.64. The molecule has 0 spiro atoms. The Bertz CT molecular complexity index is 693. The summed E-state index contributed by atoms with van der Waals surface area (Å²) in [7, 11) is 0. The summed E-state index contributed by atoms with van der Waals surface area (Å²) in [5.74, 6) is 3.20. The van der Waals surface area contributed by atoms with Crippen LogP contribution in [-0.2, 0) is 5.41 Å². The molecule has 7 heteroatoms. The zero-order chi connectivity index (χ0) is 16.2. The Morgan fingerprint density at radius 1 is 1.36 bits per heavy atom. The van der Waals surface area contributed by atoms with Crippen molar-refractivity contribution in [2.75, 3.05) is 11.9 Å². The molecule has 114 valence electrons. The Morgan fingerprint density at radius 3 is 2.64 bits per heavy atom.